The molecule has 1 saturated heterocycles. The van der Waals surface area contributed by atoms with Crippen LogP contribution in [0.5, 0.6) is 0 Å². The van der Waals surface area contributed by atoms with Gasteiger partial charge in [-0.2, -0.15) is 13.2 Å². The fourth-order valence-corrected chi connectivity index (χ4v) is 2.12. The summed E-state index contributed by atoms with van der Waals surface area (Å²) in [6, 6.07) is 4.80. The number of amides is 2. The van der Waals surface area contributed by atoms with Crippen LogP contribution < -0.4 is 5.32 Å². The van der Waals surface area contributed by atoms with E-state index in [-0.39, 0.29) is 18.8 Å². The molecule has 2 rings (SSSR count). The van der Waals surface area contributed by atoms with Crippen molar-refractivity contribution in [3.8, 4) is 0 Å². The number of anilines is 1. The molecule has 1 aliphatic heterocycles. The largest absolute Gasteiger partial charge is 0.417 e. The Balaban J connectivity index is 1.97. The van der Waals surface area contributed by atoms with Gasteiger partial charge in [0.05, 0.1) is 5.69 Å². The summed E-state index contributed by atoms with van der Waals surface area (Å²) in [6.07, 6.45) is -5.91. The van der Waals surface area contributed by atoms with Crippen molar-refractivity contribution in [2.75, 3.05) is 18.4 Å². The van der Waals surface area contributed by atoms with Crippen molar-refractivity contribution >= 4 is 11.7 Å². The topological polar surface area (TPSA) is 52.6 Å². The molecule has 0 aliphatic carbocycles. The first kappa shape index (κ1) is 15.6. The second-order valence-electron chi connectivity index (χ2n) is 4.93. The van der Waals surface area contributed by atoms with E-state index in [4.69, 9.17) is 0 Å². The third kappa shape index (κ3) is 3.26. The Hall–Kier alpha value is -1.83. The molecule has 0 aromatic heterocycles. The number of piperidine rings is 1. The van der Waals surface area contributed by atoms with Crippen LogP contribution in [0.2, 0.25) is 0 Å². The number of nitrogens with one attached hydrogen (secondary N) is 1. The average molecular weight is 306 g/mol. The molecule has 0 saturated carbocycles. The molecule has 4 nitrogen and oxygen atoms in total. The Kier molecular flexibility index (Phi) is 4.08. The van der Waals surface area contributed by atoms with Crippen molar-refractivity contribution in [3.05, 3.63) is 30.1 Å². The van der Waals surface area contributed by atoms with Crippen molar-refractivity contribution in [1.29, 1.82) is 0 Å². The molecule has 1 fully saturated rings. The molecule has 21 heavy (non-hydrogen) atoms. The lowest BCUT2D eigenvalue weighted by Crippen LogP contribution is -2.55. The van der Waals surface area contributed by atoms with E-state index < -0.39 is 36.5 Å². The fourth-order valence-electron chi connectivity index (χ4n) is 2.12. The van der Waals surface area contributed by atoms with Gasteiger partial charge in [-0.3, -0.25) is 0 Å². The summed E-state index contributed by atoms with van der Waals surface area (Å²) in [5.41, 5.74) is -2.80. The smallest absolute Gasteiger partial charge is 0.380 e. The maximum Gasteiger partial charge on any atom is 0.417 e. The van der Waals surface area contributed by atoms with Gasteiger partial charge in [0.1, 0.15) is 5.82 Å². The fraction of sp³-hybridized carbons (Fsp3) is 0.462. The summed E-state index contributed by atoms with van der Waals surface area (Å²) in [5.74, 6) is -0.630. The van der Waals surface area contributed by atoms with E-state index in [9.17, 15) is 27.5 Å². The molecule has 0 bridgehead atoms. The number of urea groups is 1. The minimum atomic E-state index is -4.72. The van der Waals surface area contributed by atoms with E-state index in [0.29, 0.717) is 0 Å². The third-order valence-corrected chi connectivity index (χ3v) is 3.52. The van der Waals surface area contributed by atoms with Crippen LogP contribution in [0.4, 0.5) is 28.0 Å². The van der Waals surface area contributed by atoms with Crippen molar-refractivity contribution in [1.82, 2.24) is 4.90 Å². The maximum atomic E-state index is 13.4. The number of carbonyl (C=O) groups is 1. The summed E-state index contributed by atoms with van der Waals surface area (Å²) < 4.78 is 51.3. The predicted octanol–water partition coefficient (Wildman–Crippen LogP) is 2.75. The van der Waals surface area contributed by atoms with Gasteiger partial charge in [-0.05, 0) is 12.1 Å². The van der Waals surface area contributed by atoms with E-state index in [1.165, 1.54) is 18.2 Å². The van der Waals surface area contributed by atoms with Crippen molar-refractivity contribution in [2.24, 2.45) is 0 Å². The SMILES string of the molecule is O=C(Nc1ccccc1F)N1CCC(O)(C(F)(F)F)CC1. The van der Waals surface area contributed by atoms with Gasteiger partial charge in [-0.25, -0.2) is 9.18 Å². The third-order valence-electron chi connectivity index (χ3n) is 3.52. The molecule has 0 radical (unpaired) electrons. The Morgan fingerprint density at radius 2 is 1.81 bits per heavy atom. The highest BCUT2D eigenvalue weighted by Crippen LogP contribution is 2.38. The Morgan fingerprint density at radius 1 is 1.24 bits per heavy atom. The number of halogens is 4. The zero-order valence-electron chi connectivity index (χ0n) is 11.0. The van der Waals surface area contributed by atoms with Crippen LogP contribution >= 0.6 is 0 Å². The highest BCUT2D eigenvalue weighted by molar-refractivity contribution is 5.89. The van der Waals surface area contributed by atoms with E-state index in [0.717, 1.165) is 11.0 Å². The zero-order chi connectivity index (χ0) is 15.7. The zero-order valence-corrected chi connectivity index (χ0v) is 11.0. The molecule has 0 unspecified atom stereocenters. The van der Waals surface area contributed by atoms with Gasteiger partial charge >= 0.3 is 12.2 Å². The number of benzene rings is 1. The number of nitrogens with zero attached hydrogens (tertiary/aromatic N) is 1. The van der Waals surface area contributed by atoms with Crippen LogP contribution in [0.1, 0.15) is 12.8 Å². The van der Waals surface area contributed by atoms with Crippen molar-refractivity contribution in [2.45, 2.75) is 24.6 Å². The Bertz CT molecular complexity index is 525. The number of rotatable bonds is 1. The highest BCUT2D eigenvalue weighted by Gasteiger charge is 2.54. The minimum absolute atomic E-state index is 0.0424. The van der Waals surface area contributed by atoms with Gasteiger partial charge in [-0.1, -0.05) is 12.1 Å². The molecule has 0 atom stereocenters. The molecule has 0 spiro atoms. The molecular weight excluding hydrogens is 292 g/mol. The quantitative estimate of drug-likeness (QED) is 0.784. The van der Waals surface area contributed by atoms with Crippen molar-refractivity contribution < 1.29 is 27.5 Å². The standard InChI is InChI=1S/C13H14F4N2O2/c14-9-3-1-2-4-10(9)18-11(20)19-7-5-12(21,6-8-19)13(15,16)17/h1-4,21H,5-8H2,(H,18,20). The second-order valence-corrected chi connectivity index (χ2v) is 4.93. The molecule has 1 aromatic rings. The first-order valence-corrected chi connectivity index (χ1v) is 6.32. The molecule has 116 valence electrons. The molecule has 1 heterocycles. The number of likely N-dealkylation sites (tertiary alicyclic amines) is 1. The van der Waals surface area contributed by atoms with Crippen LogP contribution in [0.3, 0.4) is 0 Å². The summed E-state index contributed by atoms with van der Waals surface area (Å²) >= 11 is 0. The molecule has 1 aromatic carbocycles. The highest BCUT2D eigenvalue weighted by atomic mass is 19.4. The van der Waals surface area contributed by atoms with Crippen molar-refractivity contribution in [3.63, 3.8) is 0 Å². The van der Waals surface area contributed by atoms with Crippen LogP contribution in [0, 0.1) is 5.82 Å². The summed E-state index contributed by atoms with van der Waals surface area (Å²) in [4.78, 5) is 13.0. The number of carbonyl (C=O) groups excluding carboxylic acids is 1. The number of alkyl halides is 3. The molecule has 1 aliphatic rings. The normalized spacial score (nSPS) is 18.4. The average Bonchev–Trinajstić information content (AvgIpc) is 2.41. The lowest BCUT2D eigenvalue weighted by atomic mass is 9.91. The van der Waals surface area contributed by atoms with Gasteiger partial charge in [0.25, 0.3) is 0 Å². The minimum Gasteiger partial charge on any atom is -0.380 e. The lowest BCUT2D eigenvalue weighted by molar-refractivity contribution is -0.271. The van der Waals surface area contributed by atoms with Gasteiger partial charge in [0.2, 0.25) is 0 Å². The summed E-state index contributed by atoms with van der Waals surface area (Å²) in [6.45, 7) is -0.507. The van der Waals surface area contributed by atoms with Gasteiger partial charge in [0, 0.05) is 25.9 Å². The number of aliphatic hydroxyl groups is 1. The molecule has 2 N–H and O–H groups in total. The van der Waals surface area contributed by atoms with Crippen LogP contribution in [0.25, 0.3) is 0 Å². The lowest BCUT2D eigenvalue weighted by Gasteiger charge is -2.38. The molecule has 2 amide bonds. The van der Waals surface area contributed by atoms with E-state index in [1.54, 1.807) is 0 Å². The number of hydrogen-bond acceptors (Lipinski definition) is 2. The van der Waals surface area contributed by atoms with Crippen LogP contribution in [0.15, 0.2) is 24.3 Å². The number of hydrogen-bond donors (Lipinski definition) is 2. The summed E-state index contributed by atoms with van der Waals surface area (Å²) in [5, 5.41) is 11.8. The molecule has 8 heteroatoms. The molecular formula is C13H14F4N2O2. The second kappa shape index (κ2) is 5.51. The first-order valence-electron chi connectivity index (χ1n) is 6.32. The van der Waals surface area contributed by atoms with Crippen LogP contribution in [-0.2, 0) is 0 Å². The van der Waals surface area contributed by atoms with Crippen LogP contribution in [-0.4, -0.2) is 40.9 Å². The number of para-hydroxylation sites is 1. The first-order chi connectivity index (χ1) is 9.73. The predicted molar refractivity (Wildman–Crippen MR) is 67.2 cm³/mol. The monoisotopic (exact) mass is 306 g/mol. The van der Waals surface area contributed by atoms with E-state index >= 15 is 0 Å². The summed E-state index contributed by atoms with van der Waals surface area (Å²) in [7, 11) is 0. The van der Waals surface area contributed by atoms with Gasteiger partial charge in [-0.15, -0.1) is 0 Å². The Labute approximate surface area is 118 Å². The maximum absolute atomic E-state index is 13.4. The van der Waals surface area contributed by atoms with E-state index in [2.05, 4.69) is 5.32 Å². The van der Waals surface area contributed by atoms with E-state index in [1.807, 2.05) is 0 Å². The van der Waals surface area contributed by atoms with Gasteiger partial charge < -0.3 is 15.3 Å². The Morgan fingerprint density at radius 3 is 2.33 bits per heavy atom. The van der Waals surface area contributed by atoms with Gasteiger partial charge in [0.15, 0.2) is 5.60 Å².